The van der Waals surface area contributed by atoms with Gasteiger partial charge in [0, 0.05) is 25.5 Å². The van der Waals surface area contributed by atoms with Gasteiger partial charge in [-0.25, -0.2) is 13.1 Å². The number of nitrogens with zero attached hydrogens (tertiary/aromatic N) is 1. The van der Waals surface area contributed by atoms with Crippen LogP contribution < -0.4 is 4.72 Å². The molecule has 0 amide bonds. The maximum atomic E-state index is 11.6. The zero-order valence-corrected chi connectivity index (χ0v) is 9.07. The van der Waals surface area contributed by atoms with E-state index in [1.54, 1.807) is 6.07 Å². The second-order valence-electron chi connectivity index (χ2n) is 3.02. The molecule has 0 aliphatic heterocycles. The summed E-state index contributed by atoms with van der Waals surface area (Å²) >= 11 is 0. The zero-order chi connectivity index (χ0) is 11.1. The van der Waals surface area contributed by atoms with Crippen molar-refractivity contribution < 1.29 is 13.5 Å². The topological polar surface area (TPSA) is 79.3 Å². The summed E-state index contributed by atoms with van der Waals surface area (Å²) in [4.78, 5) is 3.90. The van der Waals surface area contributed by atoms with Crippen LogP contribution in [0.4, 0.5) is 0 Å². The molecule has 0 unspecified atom stereocenters. The third-order valence-corrected chi connectivity index (χ3v) is 3.27. The Morgan fingerprint density at radius 3 is 2.80 bits per heavy atom. The molecule has 1 aromatic heterocycles. The number of rotatable bonds is 6. The van der Waals surface area contributed by atoms with Gasteiger partial charge in [0.1, 0.15) is 4.90 Å². The van der Waals surface area contributed by atoms with E-state index >= 15 is 0 Å². The minimum absolute atomic E-state index is 0.0780. The van der Waals surface area contributed by atoms with Crippen LogP contribution in [0.2, 0.25) is 0 Å². The molecule has 5 nitrogen and oxygen atoms in total. The molecule has 0 atom stereocenters. The summed E-state index contributed by atoms with van der Waals surface area (Å²) in [7, 11) is -3.43. The molecule has 0 radical (unpaired) electrons. The van der Waals surface area contributed by atoms with Crippen molar-refractivity contribution >= 4 is 10.0 Å². The van der Waals surface area contributed by atoms with Gasteiger partial charge in [-0.2, -0.15) is 0 Å². The number of sulfonamides is 1. The minimum atomic E-state index is -3.43. The number of aromatic nitrogens is 1. The number of aliphatic hydroxyl groups is 1. The van der Waals surface area contributed by atoms with Crippen LogP contribution in [0.25, 0.3) is 0 Å². The van der Waals surface area contributed by atoms with E-state index in [1.165, 1.54) is 18.5 Å². The van der Waals surface area contributed by atoms with Gasteiger partial charge in [-0.15, -0.1) is 0 Å². The standard InChI is InChI=1S/C9H14N2O3S/c12-7-2-1-6-11-15(13,14)9-4-3-5-10-8-9/h3-5,8,11-12H,1-2,6-7H2. The highest BCUT2D eigenvalue weighted by Crippen LogP contribution is 2.04. The molecule has 15 heavy (non-hydrogen) atoms. The Labute approximate surface area is 89.2 Å². The van der Waals surface area contributed by atoms with Gasteiger partial charge < -0.3 is 5.11 Å². The van der Waals surface area contributed by atoms with Crippen molar-refractivity contribution in [2.24, 2.45) is 0 Å². The summed E-state index contributed by atoms with van der Waals surface area (Å²) in [5.74, 6) is 0. The molecule has 0 aliphatic carbocycles. The zero-order valence-electron chi connectivity index (χ0n) is 8.26. The van der Waals surface area contributed by atoms with Crippen LogP contribution >= 0.6 is 0 Å². The van der Waals surface area contributed by atoms with Crippen LogP contribution in [0.5, 0.6) is 0 Å². The first-order valence-electron chi connectivity index (χ1n) is 4.67. The van der Waals surface area contributed by atoms with E-state index < -0.39 is 10.0 Å². The van der Waals surface area contributed by atoms with Crippen molar-refractivity contribution in [3.63, 3.8) is 0 Å². The monoisotopic (exact) mass is 230 g/mol. The first-order chi connectivity index (χ1) is 7.17. The molecule has 0 fully saturated rings. The third kappa shape index (κ3) is 3.94. The summed E-state index contributed by atoms with van der Waals surface area (Å²) in [6.07, 6.45) is 4.03. The molecule has 2 N–H and O–H groups in total. The smallest absolute Gasteiger partial charge is 0.242 e. The molecule has 0 aromatic carbocycles. The van der Waals surface area contributed by atoms with Gasteiger partial charge >= 0.3 is 0 Å². The molecule has 1 aromatic rings. The van der Waals surface area contributed by atoms with E-state index in [1.807, 2.05) is 0 Å². The fourth-order valence-electron chi connectivity index (χ4n) is 1.03. The van der Waals surface area contributed by atoms with E-state index in [-0.39, 0.29) is 11.5 Å². The average molecular weight is 230 g/mol. The van der Waals surface area contributed by atoms with Gasteiger partial charge in [0.15, 0.2) is 0 Å². The molecule has 6 heteroatoms. The van der Waals surface area contributed by atoms with Crippen LogP contribution in [-0.2, 0) is 10.0 Å². The van der Waals surface area contributed by atoms with Crippen molar-refractivity contribution in [3.05, 3.63) is 24.5 Å². The van der Waals surface area contributed by atoms with E-state index in [0.717, 1.165) is 0 Å². The first-order valence-corrected chi connectivity index (χ1v) is 6.15. The van der Waals surface area contributed by atoms with E-state index in [4.69, 9.17) is 5.11 Å². The van der Waals surface area contributed by atoms with Crippen LogP contribution in [0.3, 0.4) is 0 Å². The number of unbranched alkanes of at least 4 members (excludes halogenated alkanes) is 1. The van der Waals surface area contributed by atoms with Crippen molar-refractivity contribution in [3.8, 4) is 0 Å². The predicted molar refractivity (Wildman–Crippen MR) is 55.7 cm³/mol. The summed E-state index contributed by atoms with van der Waals surface area (Å²) in [5.41, 5.74) is 0. The van der Waals surface area contributed by atoms with Crippen molar-refractivity contribution in [1.29, 1.82) is 0 Å². The fourth-order valence-corrected chi connectivity index (χ4v) is 2.07. The lowest BCUT2D eigenvalue weighted by Gasteiger charge is -2.05. The maximum Gasteiger partial charge on any atom is 0.242 e. The molecular weight excluding hydrogens is 216 g/mol. The lowest BCUT2D eigenvalue weighted by molar-refractivity contribution is 0.285. The van der Waals surface area contributed by atoms with Crippen molar-refractivity contribution in [1.82, 2.24) is 9.71 Å². The van der Waals surface area contributed by atoms with Gasteiger partial charge in [0.25, 0.3) is 0 Å². The number of aliphatic hydroxyl groups excluding tert-OH is 1. The number of hydrogen-bond donors (Lipinski definition) is 2. The van der Waals surface area contributed by atoms with Gasteiger partial charge in [-0.05, 0) is 25.0 Å². The van der Waals surface area contributed by atoms with E-state index in [2.05, 4.69) is 9.71 Å². The molecule has 84 valence electrons. The normalized spacial score (nSPS) is 11.5. The SMILES string of the molecule is O=S(=O)(NCCCCO)c1cccnc1. The summed E-state index contributed by atoms with van der Waals surface area (Å²) < 4.78 is 25.6. The van der Waals surface area contributed by atoms with Crippen molar-refractivity contribution in [2.75, 3.05) is 13.2 Å². The molecule has 0 saturated carbocycles. The van der Waals surface area contributed by atoms with Crippen LogP contribution in [-0.4, -0.2) is 31.7 Å². The Hall–Kier alpha value is -0.980. The number of nitrogens with one attached hydrogen (secondary N) is 1. The van der Waals surface area contributed by atoms with Gasteiger partial charge in [0.05, 0.1) is 0 Å². The Morgan fingerprint density at radius 2 is 2.20 bits per heavy atom. The molecule has 0 aliphatic rings. The fraction of sp³-hybridized carbons (Fsp3) is 0.444. The molecule has 1 rings (SSSR count). The highest BCUT2D eigenvalue weighted by atomic mass is 32.2. The highest BCUT2D eigenvalue weighted by Gasteiger charge is 2.12. The van der Waals surface area contributed by atoms with E-state index in [0.29, 0.717) is 19.4 Å². The molecule has 0 spiro atoms. The van der Waals surface area contributed by atoms with Gasteiger partial charge in [-0.1, -0.05) is 0 Å². The quantitative estimate of drug-likeness (QED) is 0.681. The van der Waals surface area contributed by atoms with Crippen LogP contribution in [0.1, 0.15) is 12.8 Å². The van der Waals surface area contributed by atoms with Crippen LogP contribution in [0.15, 0.2) is 29.4 Å². The Kier molecular flexibility index (Phi) is 4.67. The van der Waals surface area contributed by atoms with Gasteiger partial charge in [0.2, 0.25) is 10.0 Å². The lowest BCUT2D eigenvalue weighted by atomic mass is 10.3. The Balaban J connectivity index is 2.53. The first kappa shape index (κ1) is 12.1. The summed E-state index contributed by atoms with van der Waals surface area (Å²) in [6.45, 7) is 0.409. The third-order valence-electron chi connectivity index (χ3n) is 1.82. The number of pyridine rings is 1. The average Bonchev–Trinajstić information content (AvgIpc) is 2.26. The largest absolute Gasteiger partial charge is 0.396 e. The van der Waals surface area contributed by atoms with Crippen molar-refractivity contribution in [2.45, 2.75) is 17.7 Å². The maximum absolute atomic E-state index is 11.6. The lowest BCUT2D eigenvalue weighted by Crippen LogP contribution is -2.25. The summed E-state index contributed by atoms with van der Waals surface area (Å²) in [5, 5.41) is 8.53. The number of hydrogen-bond acceptors (Lipinski definition) is 4. The molecule has 0 saturated heterocycles. The van der Waals surface area contributed by atoms with Gasteiger partial charge in [-0.3, -0.25) is 4.98 Å². The van der Waals surface area contributed by atoms with Crippen LogP contribution in [0, 0.1) is 0 Å². The molecular formula is C9H14N2O3S. The summed E-state index contributed by atoms with van der Waals surface area (Å²) in [6, 6.07) is 3.06. The second kappa shape index (κ2) is 5.79. The molecule has 1 heterocycles. The minimum Gasteiger partial charge on any atom is -0.396 e. The Bertz CT molecular complexity index is 378. The molecule has 0 bridgehead atoms. The predicted octanol–water partition coefficient (Wildman–Crippen LogP) is 0.132. The highest BCUT2D eigenvalue weighted by molar-refractivity contribution is 7.89. The van der Waals surface area contributed by atoms with E-state index in [9.17, 15) is 8.42 Å². The Morgan fingerprint density at radius 1 is 1.40 bits per heavy atom. The second-order valence-corrected chi connectivity index (χ2v) is 4.78.